The smallest absolute Gasteiger partial charge is 0.226 e. The molecule has 1 spiro atoms. The number of hydrogen-bond donors (Lipinski definition) is 1. The monoisotopic (exact) mass is 327 g/mol. The number of nitrogens with zero attached hydrogens (tertiary/aromatic N) is 2. The SMILES string of the molecule is CN(Cc1ccccc1N1CCCC1)C(=O)C1CC12CCNCC2. The predicted octanol–water partition coefficient (Wildman–Crippen LogP) is 2.63. The molecule has 24 heavy (non-hydrogen) atoms. The molecule has 1 atom stereocenters. The Morgan fingerprint density at radius 2 is 1.96 bits per heavy atom. The minimum Gasteiger partial charge on any atom is -0.371 e. The van der Waals surface area contributed by atoms with Gasteiger partial charge in [-0.25, -0.2) is 0 Å². The molecular formula is C20H29N3O. The van der Waals surface area contributed by atoms with Crippen LogP contribution in [0.1, 0.15) is 37.7 Å². The maximum absolute atomic E-state index is 12.9. The van der Waals surface area contributed by atoms with Gasteiger partial charge in [0.15, 0.2) is 0 Å². The van der Waals surface area contributed by atoms with Gasteiger partial charge in [0, 0.05) is 38.3 Å². The lowest BCUT2D eigenvalue weighted by atomic mass is 9.91. The van der Waals surface area contributed by atoms with Crippen molar-refractivity contribution < 1.29 is 4.79 Å². The molecule has 0 aromatic heterocycles. The van der Waals surface area contributed by atoms with Gasteiger partial charge in [-0.05, 0) is 62.2 Å². The average molecular weight is 327 g/mol. The summed E-state index contributed by atoms with van der Waals surface area (Å²) in [4.78, 5) is 17.3. The van der Waals surface area contributed by atoms with E-state index in [0.717, 1.165) is 39.1 Å². The molecule has 1 unspecified atom stereocenters. The van der Waals surface area contributed by atoms with Gasteiger partial charge < -0.3 is 15.1 Å². The third-order valence-corrected chi connectivity index (χ3v) is 6.31. The van der Waals surface area contributed by atoms with Crippen molar-refractivity contribution in [2.45, 2.75) is 38.6 Å². The second-order valence-corrected chi connectivity index (χ2v) is 7.89. The number of para-hydroxylation sites is 1. The molecule has 3 aliphatic rings. The van der Waals surface area contributed by atoms with Gasteiger partial charge in [-0.1, -0.05) is 18.2 Å². The Labute approximate surface area is 145 Å². The summed E-state index contributed by atoms with van der Waals surface area (Å²) in [7, 11) is 1.98. The molecule has 4 heteroatoms. The number of amides is 1. The molecule has 4 rings (SSSR count). The summed E-state index contributed by atoms with van der Waals surface area (Å²) < 4.78 is 0. The number of benzene rings is 1. The van der Waals surface area contributed by atoms with Gasteiger partial charge in [0.25, 0.3) is 0 Å². The Bertz CT molecular complexity index is 603. The number of carbonyl (C=O) groups excluding carboxylic acids is 1. The predicted molar refractivity (Wildman–Crippen MR) is 97.0 cm³/mol. The summed E-state index contributed by atoms with van der Waals surface area (Å²) in [5.74, 6) is 0.622. The molecule has 1 aromatic rings. The molecule has 1 saturated carbocycles. The molecule has 2 heterocycles. The van der Waals surface area contributed by atoms with E-state index < -0.39 is 0 Å². The lowest BCUT2D eigenvalue weighted by Crippen LogP contribution is -2.34. The Hall–Kier alpha value is -1.55. The first-order valence-electron chi connectivity index (χ1n) is 9.48. The van der Waals surface area contributed by atoms with Gasteiger partial charge in [-0.2, -0.15) is 0 Å². The van der Waals surface area contributed by atoms with Crippen LogP contribution in [-0.2, 0) is 11.3 Å². The van der Waals surface area contributed by atoms with Crippen LogP contribution in [0.25, 0.3) is 0 Å². The van der Waals surface area contributed by atoms with E-state index in [4.69, 9.17) is 0 Å². The van der Waals surface area contributed by atoms with Gasteiger partial charge in [0.1, 0.15) is 0 Å². The zero-order valence-electron chi connectivity index (χ0n) is 14.8. The van der Waals surface area contributed by atoms with E-state index in [1.54, 1.807) is 0 Å². The van der Waals surface area contributed by atoms with Crippen LogP contribution in [-0.4, -0.2) is 44.0 Å². The molecule has 130 valence electrons. The van der Waals surface area contributed by atoms with Crippen molar-refractivity contribution in [1.82, 2.24) is 10.2 Å². The Morgan fingerprint density at radius 1 is 1.25 bits per heavy atom. The lowest BCUT2D eigenvalue weighted by Gasteiger charge is -2.27. The van der Waals surface area contributed by atoms with E-state index in [2.05, 4.69) is 34.5 Å². The number of rotatable bonds is 4. The number of anilines is 1. The zero-order chi connectivity index (χ0) is 16.6. The minimum absolute atomic E-state index is 0.267. The van der Waals surface area contributed by atoms with Gasteiger partial charge in [-0.15, -0.1) is 0 Å². The Kier molecular flexibility index (Phi) is 4.25. The van der Waals surface area contributed by atoms with Crippen LogP contribution in [0.4, 0.5) is 5.69 Å². The third-order valence-electron chi connectivity index (χ3n) is 6.31. The fourth-order valence-electron chi connectivity index (χ4n) is 4.68. The molecule has 1 aromatic carbocycles. The number of nitrogens with one attached hydrogen (secondary N) is 1. The average Bonchev–Trinajstić information content (AvgIpc) is 3.05. The highest BCUT2D eigenvalue weighted by Crippen LogP contribution is 2.59. The summed E-state index contributed by atoms with van der Waals surface area (Å²) >= 11 is 0. The molecule has 0 radical (unpaired) electrons. The van der Waals surface area contributed by atoms with Crippen molar-refractivity contribution in [3.05, 3.63) is 29.8 Å². The maximum atomic E-state index is 12.9. The number of piperidine rings is 1. The first-order chi connectivity index (χ1) is 11.7. The van der Waals surface area contributed by atoms with Crippen molar-refractivity contribution in [3.63, 3.8) is 0 Å². The maximum Gasteiger partial charge on any atom is 0.226 e. The van der Waals surface area contributed by atoms with Crippen LogP contribution < -0.4 is 10.2 Å². The molecule has 2 aliphatic heterocycles. The quantitative estimate of drug-likeness (QED) is 0.923. The minimum atomic E-state index is 0.267. The van der Waals surface area contributed by atoms with E-state index in [9.17, 15) is 4.79 Å². The van der Waals surface area contributed by atoms with Gasteiger partial charge in [-0.3, -0.25) is 4.79 Å². The number of carbonyl (C=O) groups is 1. The normalized spacial score (nSPS) is 25.0. The summed E-state index contributed by atoms with van der Waals surface area (Å²) in [6.07, 6.45) is 6.00. The molecular weight excluding hydrogens is 298 g/mol. The van der Waals surface area contributed by atoms with E-state index in [1.165, 1.54) is 36.9 Å². The Morgan fingerprint density at radius 3 is 2.71 bits per heavy atom. The van der Waals surface area contributed by atoms with Crippen LogP contribution in [0.2, 0.25) is 0 Å². The van der Waals surface area contributed by atoms with Crippen molar-refractivity contribution in [1.29, 1.82) is 0 Å². The fraction of sp³-hybridized carbons (Fsp3) is 0.650. The molecule has 4 nitrogen and oxygen atoms in total. The van der Waals surface area contributed by atoms with Crippen LogP contribution in [0.15, 0.2) is 24.3 Å². The molecule has 2 saturated heterocycles. The molecule has 1 amide bonds. The summed E-state index contributed by atoms with van der Waals surface area (Å²) in [6.45, 7) is 5.17. The van der Waals surface area contributed by atoms with Gasteiger partial charge in [0.05, 0.1) is 0 Å². The second-order valence-electron chi connectivity index (χ2n) is 7.89. The topological polar surface area (TPSA) is 35.6 Å². The largest absolute Gasteiger partial charge is 0.371 e. The highest BCUT2D eigenvalue weighted by molar-refractivity contribution is 5.82. The van der Waals surface area contributed by atoms with E-state index >= 15 is 0 Å². The molecule has 3 fully saturated rings. The fourth-order valence-corrected chi connectivity index (χ4v) is 4.68. The molecule has 0 bridgehead atoms. The first kappa shape index (κ1) is 15.9. The van der Waals surface area contributed by atoms with Crippen LogP contribution in [0.5, 0.6) is 0 Å². The van der Waals surface area contributed by atoms with E-state index in [-0.39, 0.29) is 5.92 Å². The van der Waals surface area contributed by atoms with Crippen molar-refractivity contribution >= 4 is 11.6 Å². The first-order valence-corrected chi connectivity index (χ1v) is 9.48. The zero-order valence-corrected chi connectivity index (χ0v) is 14.8. The highest BCUT2D eigenvalue weighted by atomic mass is 16.2. The standard InChI is InChI=1S/C20H29N3O/c1-22(19(24)17-14-20(17)8-10-21-11-9-20)15-16-6-2-3-7-18(16)23-12-4-5-13-23/h2-3,6-7,17,21H,4-5,8-15H2,1H3. The van der Waals surface area contributed by atoms with E-state index in [0.29, 0.717) is 11.3 Å². The van der Waals surface area contributed by atoms with Crippen molar-refractivity contribution in [2.24, 2.45) is 11.3 Å². The molecule has 1 N–H and O–H groups in total. The summed E-state index contributed by atoms with van der Waals surface area (Å²) in [6, 6.07) is 8.61. The van der Waals surface area contributed by atoms with Crippen LogP contribution in [0.3, 0.4) is 0 Å². The van der Waals surface area contributed by atoms with Crippen LogP contribution in [0, 0.1) is 11.3 Å². The highest BCUT2D eigenvalue weighted by Gasteiger charge is 2.58. The van der Waals surface area contributed by atoms with E-state index in [1.807, 2.05) is 11.9 Å². The molecule has 1 aliphatic carbocycles. The summed E-state index contributed by atoms with van der Waals surface area (Å²) in [5.41, 5.74) is 2.93. The van der Waals surface area contributed by atoms with Gasteiger partial charge in [0.2, 0.25) is 5.91 Å². The Balaban J connectivity index is 1.43. The van der Waals surface area contributed by atoms with Crippen LogP contribution >= 0.6 is 0 Å². The van der Waals surface area contributed by atoms with Crippen molar-refractivity contribution in [2.75, 3.05) is 38.1 Å². The second kappa shape index (κ2) is 6.40. The lowest BCUT2D eigenvalue weighted by molar-refractivity contribution is -0.132. The third kappa shape index (κ3) is 2.92. The number of hydrogen-bond acceptors (Lipinski definition) is 3. The van der Waals surface area contributed by atoms with Crippen molar-refractivity contribution in [3.8, 4) is 0 Å². The summed E-state index contributed by atoms with van der Waals surface area (Å²) in [5, 5.41) is 3.42. The van der Waals surface area contributed by atoms with Gasteiger partial charge >= 0.3 is 0 Å².